The molecule has 0 fully saturated rings. The van der Waals surface area contributed by atoms with Crippen LogP contribution >= 0.6 is 0 Å². The van der Waals surface area contributed by atoms with Gasteiger partial charge in [-0.3, -0.25) is 9.67 Å². The largest absolute Gasteiger partial charge is 0.262 e. The molecular formula is C12H17N3. The third-order valence-corrected chi connectivity index (χ3v) is 2.57. The van der Waals surface area contributed by atoms with Crippen LogP contribution in [0.25, 0.3) is 10.9 Å². The summed E-state index contributed by atoms with van der Waals surface area (Å²) in [5, 5.41) is 5.90. The second kappa shape index (κ2) is 3.65. The molecule has 0 saturated carbocycles. The zero-order valence-electron chi connectivity index (χ0n) is 9.73. The molecule has 0 bridgehead atoms. The number of rotatable bonds is 2. The minimum absolute atomic E-state index is 0.379. The number of hydrogen-bond donors (Lipinski definition) is 0. The normalized spacial score (nSPS) is 11.9. The Balaban J connectivity index is 2.73. The van der Waals surface area contributed by atoms with Crippen molar-refractivity contribution in [3.05, 3.63) is 24.2 Å². The third-order valence-electron chi connectivity index (χ3n) is 2.57. The fraction of sp³-hybridized carbons (Fsp3) is 0.500. The van der Waals surface area contributed by atoms with Crippen LogP contribution in [0.3, 0.4) is 0 Å². The standard InChI is InChI=1S/C12H17N3/c1-8(2)12-10-5-6-13-7-11(10)15(14-12)9(3)4/h5-9H,1-4H3. The molecule has 2 rings (SSSR count). The van der Waals surface area contributed by atoms with E-state index in [0.29, 0.717) is 12.0 Å². The Hall–Kier alpha value is -1.38. The monoisotopic (exact) mass is 203 g/mol. The molecule has 80 valence electrons. The molecule has 0 aliphatic carbocycles. The SMILES string of the molecule is CC(C)c1nn(C(C)C)c2cnccc12. The van der Waals surface area contributed by atoms with Gasteiger partial charge in [-0.05, 0) is 25.8 Å². The van der Waals surface area contributed by atoms with E-state index in [1.165, 1.54) is 11.1 Å². The summed E-state index contributed by atoms with van der Waals surface area (Å²) in [7, 11) is 0. The van der Waals surface area contributed by atoms with Crippen LogP contribution in [0, 0.1) is 0 Å². The Morgan fingerprint density at radius 3 is 2.53 bits per heavy atom. The maximum Gasteiger partial charge on any atom is 0.0871 e. The molecular weight excluding hydrogens is 186 g/mol. The van der Waals surface area contributed by atoms with Crippen LogP contribution in [-0.2, 0) is 0 Å². The van der Waals surface area contributed by atoms with Gasteiger partial charge in [-0.15, -0.1) is 0 Å². The zero-order chi connectivity index (χ0) is 11.0. The van der Waals surface area contributed by atoms with E-state index in [1.807, 2.05) is 12.4 Å². The molecule has 2 aromatic heterocycles. The van der Waals surface area contributed by atoms with E-state index < -0.39 is 0 Å². The van der Waals surface area contributed by atoms with Crippen LogP contribution in [0.5, 0.6) is 0 Å². The van der Waals surface area contributed by atoms with Crippen molar-refractivity contribution in [2.75, 3.05) is 0 Å². The van der Waals surface area contributed by atoms with Crippen molar-refractivity contribution in [2.24, 2.45) is 0 Å². The lowest BCUT2D eigenvalue weighted by Crippen LogP contribution is -2.03. The Labute approximate surface area is 90.1 Å². The third kappa shape index (κ3) is 1.62. The molecule has 2 aromatic rings. The topological polar surface area (TPSA) is 30.7 Å². The Morgan fingerprint density at radius 1 is 1.20 bits per heavy atom. The highest BCUT2D eigenvalue weighted by Crippen LogP contribution is 2.25. The molecule has 0 saturated heterocycles. The first-order valence-electron chi connectivity index (χ1n) is 5.43. The van der Waals surface area contributed by atoms with Gasteiger partial charge >= 0.3 is 0 Å². The van der Waals surface area contributed by atoms with Gasteiger partial charge < -0.3 is 0 Å². The van der Waals surface area contributed by atoms with E-state index >= 15 is 0 Å². The summed E-state index contributed by atoms with van der Waals surface area (Å²) in [6.07, 6.45) is 3.73. The number of hydrogen-bond acceptors (Lipinski definition) is 2. The summed E-state index contributed by atoms with van der Waals surface area (Å²) in [4.78, 5) is 4.17. The van der Waals surface area contributed by atoms with E-state index in [0.717, 1.165) is 5.52 Å². The van der Waals surface area contributed by atoms with Crippen molar-refractivity contribution < 1.29 is 0 Å². The Kier molecular flexibility index (Phi) is 2.47. The molecule has 2 heterocycles. The van der Waals surface area contributed by atoms with Gasteiger partial charge in [0.05, 0.1) is 17.4 Å². The van der Waals surface area contributed by atoms with Crippen molar-refractivity contribution in [2.45, 2.75) is 39.7 Å². The Morgan fingerprint density at radius 2 is 1.93 bits per heavy atom. The maximum atomic E-state index is 4.66. The molecule has 0 atom stereocenters. The van der Waals surface area contributed by atoms with Crippen molar-refractivity contribution in [1.82, 2.24) is 14.8 Å². The smallest absolute Gasteiger partial charge is 0.0871 e. The van der Waals surface area contributed by atoms with Crippen molar-refractivity contribution in [3.63, 3.8) is 0 Å². The van der Waals surface area contributed by atoms with Gasteiger partial charge in [0.25, 0.3) is 0 Å². The van der Waals surface area contributed by atoms with Gasteiger partial charge in [0.1, 0.15) is 0 Å². The van der Waals surface area contributed by atoms with Crippen LogP contribution in [0.15, 0.2) is 18.5 Å². The van der Waals surface area contributed by atoms with Gasteiger partial charge in [0.15, 0.2) is 0 Å². The van der Waals surface area contributed by atoms with Gasteiger partial charge in [-0.25, -0.2) is 0 Å². The number of aromatic nitrogens is 3. The summed E-state index contributed by atoms with van der Waals surface area (Å²) in [5.74, 6) is 0.454. The summed E-state index contributed by atoms with van der Waals surface area (Å²) in [6.45, 7) is 8.63. The lowest BCUT2D eigenvalue weighted by Gasteiger charge is -2.06. The van der Waals surface area contributed by atoms with Crippen LogP contribution in [0.4, 0.5) is 0 Å². The highest BCUT2D eigenvalue weighted by atomic mass is 15.3. The molecule has 0 radical (unpaired) electrons. The van der Waals surface area contributed by atoms with Gasteiger partial charge in [-0.2, -0.15) is 5.10 Å². The molecule has 3 heteroatoms. The molecule has 0 amide bonds. The van der Waals surface area contributed by atoms with Crippen molar-refractivity contribution in [3.8, 4) is 0 Å². The predicted octanol–water partition coefficient (Wildman–Crippen LogP) is 3.14. The minimum Gasteiger partial charge on any atom is -0.262 e. The fourth-order valence-corrected chi connectivity index (χ4v) is 1.83. The number of fused-ring (bicyclic) bond motifs is 1. The molecule has 0 aromatic carbocycles. The molecule has 15 heavy (non-hydrogen) atoms. The number of pyridine rings is 1. The molecule has 0 unspecified atom stereocenters. The first-order valence-corrected chi connectivity index (χ1v) is 5.43. The van der Waals surface area contributed by atoms with Crippen LogP contribution < -0.4 is 0 Å². The van der Waals surface area contributed by atoms with E-state index in [4.69, 9.17) is 0 Å². The van der Waals surface area contributed by atoms with E-state index in [1.54, 1.807) is 0 Å². The van der Waals surface area contributed by atoms with Crippen LogP contribution in [0.1, 0.15) is 45.3 Å². The molecule has 0 spiro atoms. The van der Waals surface area contributed by atoms with Crippen LogP contribution in [-0.4, -0.2) is 14.8 Å². The zero-order valence-corrected chi connectivity index (χ0v) is 9.73. The van der Waals surface area contributed by atoms with E-state index in [9.17, 15) is 0 Å². The predicted molar refractivity (Wildman–Crippen MR) is 62.0 cm³/mol. The van der Waals surface area contributed by atoms with E-state index in [-0.39, 0.29) is 0 Å². The molecule has 0 N–H and O–H groups in total. The average Bonchev–Trinajstić information content (AvgIpc) is 2.56. The highest BCUT2D eigenvalue weighted by molar-refractivity contribution is 5.81. The summed E-state index contributed by atoms with van der Waals surface area (Å²) in [6, 6.07) is 2.43. The molecule has 0 aliphatic rings. The summed E-state index contributed by atoms with van der Waals surface area (Å²) >= 11 is 0. The lowest BCUT2D eigenvalue weighted by molar-refractivity contribution is 0.539. The van der Waals surface area contributed by atoms with Gasteiger partial charge in [0.2, 0.25) is 0 Å². The molecule has 0 aliphatic heterocycles. The van der Waals surface area contributed by atoms with Crippen molar-refractivity contribution in [1.29, 1.82) is 0 Å². The minimum atomic E-state index is 0.379. The van der Waals surface area contributed by atoms with Crippen molar-refractivity contribution >= 4 is 10.9 Å². The number of nitrogens with zero attached hydrogens (tertiary/aromatic N) is 3. The van der Waals surface area contributed by atoms with Gasteiger partial charge in [-0.1, -0.05) is 13.8 Å². The average molecular weight is 203 g/mol. The molecule has 3 nitrogen and oxygen atoms in total. The summed E-state index contributed by atoms with van der Waals surface area (Å²) in [5.41, 5.74) is 2.30. The summed E-state index contributed by atoms with van der Waals surface area (Å²) < 4.78 is 2.05. The van der Waals surface area contributed by atoms with Crippen LogP contribution in [0.2, 0.25) is 0 Å². The first-order chi connectivity index (χ1) is 7.11. The fourth-order valence-electron chi connectivity index (χ4n) is 1.83. The Bertz CT molecular complexity index is 427. The second-order valence-electron chi connectivity index (χ2n) is 4.47. The first kappa shape index (κ1) is 10.1. The maximum absolute atomic E-state index is 4.66. The second-order valence-corrected chi connectivity index (χ2v) is 4.47. The van der Waals surface area contributed by atoms with E-state index in [2.05, 4.69) is 48.5 Å². The quantitative estimate of drug-likeness (QED) is 0.750. The van der Waals surface area contributed by atoms with Gasteiger partial charge in [0, 0.05) is 17.6 Å². The lowest BCUT2D eigenvalue weighted by atomic mass is 10.1. The highest BCUT2D eigenvalue weighted by Gasteiger charge is 2.14.